The van der Waals surface area contributed by atoms with Crippen LogP contribution >= 0.6 is 0 Å². The van der Waals surface area contributed by atoms with Gasteiger partial charge in [0.2, 0.25) is 0 Å². The van der Waals surface area contributed by atoms with E-state index in [1.807, 2.05) is 6.92 Å². The highest BCUT2D eigenvalue weighted by Gasteiger charge is 2.12. The highest BCUT2D eigenvalue weighted by Crippen LogP contribution is 2.24. The summed E-state index contributed by atoms with van der Waals surface area (Å²) >= 11 is 0. The molecule has 0 aliphatic carbocycles. The fourth-order valence-corrected chi connectivity index (χ4v) is 3.27. The minimum absolute atomic E-state index is 0.0481. The molecule has 1 aromatic rings. The monoisotopic (exact) mass is 350 g/mol. The molecule has 1 heterocycles. The summed E-state index contributed by atoms with van der Waals surface area (Å²) in [4.78, 5) is 11.2. The summed E-state index contributed by atoms with van der Waals surface area (Å²) in [6.45, 7) is 8.94. The number of ether oxygens (including phenoxy) is 1. The molecule has 3 heteroatoms. The first-order chi connectivity index (χ1) is 12.1. The molecule has 0 aliphatic rings. The van der Waals surface area contributed by atoms with Gasteiger partial charge >= 0.3 is 5.97 Å². The maximum atomic E-state index is 11.2. The molecule has 0 fully saturated rings. The molecule has 3 nitrogen and oxygen atoms in total. The highest BCUT2D eigenvalue weighted by atomic mass is 16.5. The van der Waals surface area contributed by atoms with Crippen molar-refractivity contribution in [3.8, 4) is 0 Å². The Kier molecular flexibility index (Phi) is 11.3. The number of esters is 1. The van der Waals surface area contributed by atoms with Crippen molar-refractivity contribution in [1.82, 2.24) is 0 Å². The summed E-state index contributed by atoms with van der Waals surface area (Å²) in [7, 11) is 0. The van der Waals surface area contributed by atoms with Crippen LogP contribution in [0.5, 0.6) is 0 Å². The number of furan rings is 1. The normalized spacial score (nSPS) is 11.0. The molecule has 25 heavy (non-hydrogen) atoms. The fraction of sp³-hybridized carbons (Fsp3) is 0.773. The van der Waals surface area contributed by atoms with Crippen molar-refractivity contribution >= 4 is 5.97 Å². The lowest BCUT2D eigenvalue weighted by atomic mass is 10.0. The topological polar surface area (TPSA) is 39.4 Å². The minimum Gasteiger partial charge on any atom is -0.466 e. The second kappa shape index (κ2) is 13.0. The van der Waals surface area contributed by atoms with Gasteiger partial charge in [-0.2, -0.15) is 0 Å². The average Bonchev–Trinajstić information content (AvgIpc) is 2.85. The van der Waals surface area contributed by atoms with Gasteiger partial charge in [-0.15, -0.1) is 0 Å². The number of carbonyl (C=O) groups is 1. The van der Waals surface area contributed by atoms with E-state index in [4.69, 9.17) is 9.15 Å². The molecule has 0 radical (unpaired) electrons. The Labute approximate surface area is 154 Å². The Hall–Kier alpha value is -1.25. The first-order valence-electron chi connectivity index (χ1n) is 10.3. The maximum Gasteiger partial charge on any atom is 0.305 e. The lowest BCUT2D eigenvalue weighted by Crippen LogP contribution is -2.03. The van der Waals surface area contributed by atoms with E-state index in [2.05, 4.69) is 20.8 Å². The quantitative estimate of drug-likeness (QED) is 0.285. The molecule has 0 N–H and O–H groups in total. The first kappa shape index (κ1) is 21.8. The van der Waals surface area contributed by atoms with Crippen molar-refractivity contribution in [3.63, 3.8) is 0 Å². The zero-order valence-electron chi connectivity index (χ0n) is 16.9. The van der Waals surface area contributed by atoms with Crippen LogP contribution in [-0.2, 0) is 22.4 Å². The van der Waals surface area contributed by atoms with Crippen LogP contribution in [-0.4, -0.2) is 12.6 Å². The molecule has 144 valence electrons. The van der Waals surface area contributed by atoms with E-state index < -0.39 is 0 Å². The number of hydrogen-bond acceptors (Lipinski definition) is 3. The Bertz CT molecular complexity index is 488. The van der Waals surface area contributed by atoms with E-state index in [1.165, 1.54) is 61.2 Å². The molecular formula is C22H38O3. The number of unbranched alkanes of at least 4 members (excludes halogenated alkanes) is 7. The largest absolute Gasteiger partial charge is 0.466 e. The van der Waals surface area contributed by atoms with Gasteiger partial charge in [0, 0.05) is 19.3 Å². The van der Waals surface area contributed by atoms with Gasteiger partial charge in [-0.1, -0.05) is 45.4 Å². The third-order valence-electron chi connectivity index (χ3n) is 4.96. The summed E-state index contributed by atoms with van der Waals surface area (Å²) in [6, 6.07) is 0. The third kappa shape index (κ3) is 8.60. The van der Waals surface area contributed by atoms with Crippen LogP contribution in [0.15, 0.2) is 4.42 Å². The number of aryl methyl sites for hydroxylation is 2. The first-order valence-corrected chi connectivity index (χ1v) is 10.3. The number of rotatable bonds is 14. The third-order valence-corrected chi connectivity index (χ3v) is 4.96. The number of hydrogen-bond donors (Lipinski definition) is 0. The predicted octanol–water partition coefficient (Wildman–Crippen LogP) is 6.47. The molecule has 0 spiro atoms. The van der Waals surface area contributed by atoms with Crippen molar-refractivity contribution in [1.29, 1.82) is 0 Å². The average molecular weight is 351 g/mol. The van der Waals surface area contributed by atoms with Gasteiger partial charge in [0.05, 0.1) is 6.61 Å². The Balaban J connectivity index is 2.02. The van der Waals surface area contributed by atoms with Crippen molar-refractivity contribution in [2.75, 3.05) is 6.61 Å². The smallest absolute Gasteiger partial charge is 0.305 e. The Morgan fingerprint density at radius 3 is 1.88 bits per heavy atom. The van der Waals surface area contributed by atoms with Crippen LogP contribution in [0.4, 0.5) is 0 Å². The second-order valence-corrected chi connectivity index (χ2v) is 7.08. The lowest BCUT2D eigenvalue weighted by Gasteiger charge is -2.03. The van der Waals surface area contributed by atoms with Crippen LogP contribution in [0, 0.1) is 13.8 Å². The molecule has 0 unspecified atom stereocenters. The summed E-state index contributed by atoms with van der Waals surface area (Å²) in [5.41, 5.74) is 2.73. The minimum atomic E-state index is -0.0481. The molecule has 0 atom stereocenters. The van der Waals surface area contributed by atoms with E-state index in [0.29, 0.717) is 13.0 Å². The van der Waals surface area contributed by atoms with Gasteiger partial charge in [-0.3, -0.25) is 4.79 Å². The van der Waals surface area contributed by atoms with Crippen LogP contribution in [0.2, 0.25) is 0 Å². The van der Waals surface area contributed by atoms with Crippen molar-refractivity contribution < 1.29 is 13.9 Å². The molecule has 0 saturated heterocycles. The standard InChI is InChI=1S/C22H38O3/c1-5-15-20-18(3)19(4)21(25-20)16-13-11-9-7-8-10-12-14-17-22(23)24-6-2/h5-17H2,1-4H3. The number of carbonyl (C=O) groups excluding carboxylic acids is 1. The summed E-state index contributed by atoms with van der Waals surface area (Å²) < 4.78 is 11.0. The van der Waals surface area contributed by atoms with Gasteiger partial charge < -0.3 is 9.15 Å². The van der Waals surface area contributed by atoms with E-state index in [-0.39, 0.29) is 5.97 Å². The van der Waals surface area contributed by atoms with Crippen LogP contribution in [0.1, 0.15) is 101 Å². The van der Waals surface area contributed by atoms with Gasteiger partial charge in [0.15, 0.2) is 0 Å². The highest BCUT2D eigenvalue weighted by molar-refractivity contribution is 5.69. The molecule has 0 aliphatic heterocycles. The van der Waals surface area contributed by atoms with Crippen LogP contribution < -0.4 is 0 Å². The van der Waals surface area contributed by atoms with E-state index in [9.17, 15) is 4.79 Å². The van der Waals surface area contributed by atoms with E-state index in [0.717, 1.165) is 32.1 Å². The zero-order chi connectivity index (χ0) is 18.5. The predicted molar refractivity (Wildman–Crippen MR) is 104 cm³/mol. The zero-order valence-corrected chi connectivity index (χ0v) is 16.9. The van der Waals surface area contributed by atoms with Crippen LogP contribution in [0.3, 0.4) is 0 Å². The molecule has 0 bridgehead atoms. The molecular weight excluding hydrogens is 312 g/mol. The molecule has 1 rings (SSSR count). The van der Waals surface area contributed by atoms with Crippen molar-refractivity contribution in [2.24, 2.45) is 0 Å². The van der Waals surface area contributed by atoms with Crippen molar-refractivity contribution in [3.05, 3.63) is 22.6 Å². The van der Waals surface area contributed by atoms with Gasteiger partial charge in [0.25, 0.3) is 0 Å². The Morgan fingerprint density at radius 2 is 1.32 bits per heavy atom. The van der Waals surface area contributed by atoms with E-state index in [1.54, 1.807) is 0 Å². The molecule has 1 aromatic heterocycles. The molecule has 0 aromatic carbocycles. The molecule has 0 amide bonds. The Morgan fingerprint density at radius 1 is 0.800 bits per heavy atom. The van der Waals surface area contributed by atoms with Crippen LogP contribution in [0.25, 0.3) is 0 Å². The second-order valence-electron chi connectivity index (χ2n) is 7.08. The van der Waals surface area contributed by atoms with E-state index >= 15 is 0 Å². The SMILES string of the molecule is CCCc1oc(CCCCCCCCCCC(=O)OCC)c(C)c1C. The summed E-state index contributed by atoms with van der Waals surface area (Å²) in [5, 5.41) is 0. The van der Waals surface area contributed by atoms with Crippen molar-refractivity contribution in [2.45, 2.75) is 105 Å². The van der Waals surface area contributed by atoms with Gasteiger partial charge in [0.1, 0.15) is 11.5 Å². The fourth-order valence-electron chi connectivity index (χ4n) is 3.27. The molecule has 0 saturated carbocycles. The van der Waals surface area contributed by atoms with Gasteiger partial charge in [-0.05, 0) is 51.2 Å². The van der Waals surface area contributed by atoms with Gasteiger partial charge in [-0.25, -0.2) is 0 Å². The summed E-state index contributed by atoms with van der Waals surface area (Å²) in [5.74, 6) is 2.35. The maximum absolute atomic E-state index is 11.2. The summed E-state index contributed by atoms with van der Waals surface area (Å²) in [6.07, 6.45) is 13.6. The lowest BCUT2D eigenvalue weighted by molar-refractivity contribution is -0.143.